The maximum Gasteiger partial charge on any atom is 0.511 e. The molecule has 2 N–H and O–H groups in total. The first-order chi connectivity index (χ1) is 14.3. The van der Waals surface area contributed by atoms with E-state index in [1.54, 1.807) is 6.07 Å². The molecule has 0 radical (unpaired) electrons. The highest BCUT2D eigenvalue weighted by atomic mass is 35.5. The lowest BCUT2D eigenvalue weighted by atomic mass is 10.1. The third kappa shape index (κ3) is 6.23. The van der Waals surface area contributed by atoms with Crippen molar-refractivity contribution in [1.29, 1.82) is 5.26 Å². The predicted molar refractivity (Wildman–Crippen MR) is 101 cm³/mol. The van der Waals surface area contributed by atoms with Gasteiger partial charge in [-0.15, -0.1) is 0 Å². The van der Waals surface area contributed by atoms with Crippen molar-refractivity contribution in [1.82, 2.24) is 15.0 Å². The number of sulfonamides is 1. The summed E-state index contributed by atoms with van der Waals surface area (Å²) in [6.45, 7) is 0.614. The Kier molecular flexibility index (Phi) is 7.37. The summed E-state index contributed by atoms with van der Waals surface area (Å²) in [6.07, 6.45) is 1.88. The van der Waals surface area contributed by atoms with Crippen LogP contribution in [0.15, 0.2) is 28.9 Å². The van der Waals surface area contributed by atoms with Gasteiger partial charge in [0.1, 0.15) is 23.6 Å². The Labute approximate surface area is 178 Å². The average Bonchev–Trinajstić information content (AvgIpc) is 2.67. The van der Waals surface area contributed by atoms with E-state index in [1.807, 2.05) is 0 Å². The number of hydrogen-bond acceptors (Lipinski definition) is 8. The fourth-order valence-corrected chi connectivity index (χ4v) is 3.04. The van der Waals surface area contributed by atoms with Crippen LogP contribution < -0.4 is 14.8 Å². The van der Waals surface area contributed by atoms with E-state index in [0.29, 0.717) is 0 Å². The number of hydrogen-bond donors (Lipinski definition) is 2. The van der Waals surface area contributed by atoms with E-state index in [1.165, 1.54) is 4.72 Å². The topological polar surface area (TPSA) is 151 Å². The number of amides is 1. The van der Waals surface area contributed by atoms with Gasteiger partial charge in [0, 0.05) is 12.3 Å². The van der Waals surface area contributed by atoms with Gasteiger partial charge < -0.3 is 10.1 Å². The number of allylic oxidation sites excluding steroid dienone is 1. The van der Waals surface area contributed by atoms with E-state index >= 15 is 0 Å². The van der Waals surface area contributed by atoms with Crippen LogP contribution >= 0.6 is 11.6 Å². The molecule has 2 rings (SSSR count). The average molecular weight is 480 g/mol. The SMILES string of the molecule is C[C@@H](COc1cnc(Cl)c(C(=O)NC2N=CC(C#N)=CC2=O)c1)NS(=O)(=O)C(F)(F)F. The lowest BCUT2D eigenvalue weighted by Gasteiger charge is -2.17. The fraction of sp³-hybridized carbons (Fsp3) is 0.312. The molecule has 0 aromatic carbocycles. The minimum absolute atomic E-state index is 0.0147. The van der Waals surface area contributed by atoms with E-state index in [4.69, 9.17) is 21.6 Å². The van der Waals surface area contributed by atoms with E-state index < -0.39 is 46.0 Å². The number of ether oxygens (including phenoxy) is 1. The Bertz CT molecular complexity index is 1100. The molecule has 15 heteroatoms. The Balaban J connectivity index is 2.04. The number of dihydropyridines is 1. The second kappa shape index (κ2) is 9.41. The molecule has 10 nitrogen and oxygen atoms in total. The lowest BCUT2D eigenvalue weighted by molar-refractivity contribution is -0.116. The maximum atomic E-state index is 12.4. The molecular weight excluding hydrogens is 467 g/mol. The number of nitrogens with one attached hydrogen (secondary N) is 2. The molecule has 0 spiro atoms. The third-order valence-corrected chi connectivity index (χ3v) is 5.17. The van der Waals surface area contributed by atoms with E-state index in [9.17, 15) is 31.2 Å². The number of rotatable bonds is 7. The maximum absolute atomic E-state index is 12.4. The molecule has 0 bridgehead atoms. The quantitative estimate of drug-likeness (QED) is 0.556. The largest absolute Gasteiger partial charge is 0.511 e. The molecule has 1 amide bonds. The highest BCUT2D eigenvalue weighted by molar-refractivity contribution is 7.90. The normalized spacial score (nSPS) is 17.5. The van der Waals surface area contributed by atoms with Crippen LogP contribution in [0.5, 0.6) is 5.75 Å². The number of carbonyl (C=O) groups is 2. The zero-order valence-corrected chi connectivity index (χ0v) is 17.0. The summed E-state index contributed by atoms with van der Waals surface area (Å²) >= 11 is 5.87. The van der Waals surface area contributed by atoms with Crippen molar-refractivity contribution in [2.24, 2.45) is 4.99 Å². The minimum Gasteiger partial charge on any atom is -0.490 e. The molecule has 1 aliphatic heterocycles. The van der Waals surface area contributed by atoms with Gasteiger partial charge >= 0.3 is 15.5 Å². The van der Waals surface area contributed by atoms with Crippen LogP contribution in [0.3, 0.4) is 0 Å². The van der Waals surface area contributed by atoms with Gasteiger partial charge in [0.05, 0.1) is 23.4 Å². The smallest absolute Gasteiger partial charge is 0.490 e. The van der Waals surface area contributed by atoms with Crippen molar-refractivity contribution < 1.29 is 35.9 Å². The molecule has 2 atom stereocenters. The van der Waals surface area contributed by atoms with Gasteiger partial charge in [0.15, 0.2) is 6.17 Å². The molecule has 1 aromatic heterocycles. The molecular formula is C16H13ClF3N5O5S. The van der Waals surface area contributed by atoms with Crippen LogP contribution in [0, 0.1) is 11.3 Å². The summed E-state index contributed by atoms with van der Waals surface area (Å²) in [5.74, 6) is -1.61. The number of nitriles is 1. The number of ketones is 1. The van der Waals surface area contributed by atoms with Gasteiger partial charge in [-0.3, -0.25) is 14.6 Å². The van der Waals surface area contributed by atoms with E-state index in [-0.39, 0.29) is 22.0 Å². The van der Waals surface area contributed by atoms with Crippen LogP contribution in [0.2, 0.25) is 5.15 Å². The van der Waals surface area contributed by atoms with Crippen molar-refractivity contribution in [3.8, 4) is 11.8 Å². The predicted octanol–water partition coefficient (Wildman–Crippen LogP) is 1.10. The zero-order valence-electron chi connectivity index (χ0n) is 15.5. The Morgan fingerprint density at radius 2 is 2.13 bits per heavy atom. The van der Waals surface area contributed by atoms with Gasteiger partial charge in [-0.25, -0.2) is 18.1 Å². The first kappa shape index (κ1) is 24.3. The van der Waals surface area contributed by atoms with Gasteiger partial charge in [-0.1, -0.05) is 11.6 Å². The molecule has 1 unspecified atom stereocenters. The van der Waals surface area contributed by atoms with Crippen molar-refractivity contribution >= 4 is 39.5 Å². The summed E-state index contributed by atoms with van der Waals surface area (Å²) in [7, 11) is -5.56. The fourth-order valence-electron chi connectivity index (χ4n) is 2.12. The van der Waals surface area contributed by atoms with Gasteiger partial charge in [-0.05, 0) is 13.0 Å². The van der Waals surface area contributed by atoms with Gasteiger partial charge in [0.25, 0.3) is 5.91 Å². The summed E-state index contributed by atoms with van der Waals surface area (Å²) in [5.41, 5.74) is -5.70. The number of pyridine rings is 1. The highest BCUT2D eigenvalue weighted by Gasteiger charge is 2.46. The zero-order chi connectivity index (χ0) is 23.4. The molecule has 2 heterocycles. The number of nitrogens with zero attached hydrogens (tertiary/aromatic N) is 3. The van der Waals surface area contributed by atoms with Crippen molar-refractivity contribution in [2.75, 3.05) is 6.61 Å². The number of halogens is 4. The molecule has 0 fully saturated rings. The van der Waals surface area contributed by atoms with Gasteiger partial charge in [-0.2, -0.15) is 18.4 Å². The molecule has 0 aliphatic carbocycles. The third-order valence-electron chi connectivity index (χ3n) is 3.55. The Morgan fingerprint density at radius 1 is 1.45 bits per heavy atom. The summed E-state index contributed by atoms with van der Waals surface area (Å²) < 4.78 is 65.9. The van der Waals surface area contributed by atoms with Crippen LogP contribution in [-0.4, -0.2) is 55.6 Å². The molecule has 1 aromatic rings. The summed E-state index contributed by atoms with van der Waals surface area (Å²) in [4.78, 5) is 31.7. The van der Waals surface area contributed by atoms with Crippen LogP contribution in [0.4, 0.5) is 13.2 Å². The van der Waals surface area contributed by atoms with E-state index in [2.05, 4.69) is 15.3 Å². The van der Waals surface area contributed by atoms with Crippen molar-refractivity contribution in [3.05, 3.63) is 34.6 Å². The van der Waals surface area contributed by atoms with Crippen LogP contribution in [-0.2, 0) is 14.8 Å². The van der Waals surface area contributed by atoms with Crippen LogP contribution in [0.25, 0.3) is 0 Å². The number of aliphatic imine (C=N–C) groups is 1. The van der Waals surface area contributed by atoms with Gasteiger partial charge in [0.2, 0.25) is 5.78 Å². The first-order valence-corrected chi connectivity index (χ1v) is 10.1. The standard InChI is InChI=1S/C16H13ClF3N5O5S/c1-8(25-31(28,29)16(18,19)20)7-30-10-3-11(13(17)22-6-10)15(27)24-14-12(26)2-9(4-21)5-23-14/h2-3,5-6,8,14,25H,7H2,1H3,(H,24,27)/t8-,14?/m0/s1. The Hall–Kier alpha value is -3.02. The van der Waals surface area contributed by atoms with Crippen LogP contribution in [0.1, 0.15) is 17.3 Å². The summed E-state index contributed by atoms with van der Waals surface area (Å²) in [5, 5.41) is 10.7. The first-order valence-electron chi connectivity index (χ1n) is 8.20. The molecule has 166 valence electrons. The number of aromatic nitrogens is 1. The molecule has 0 saturated carbocycles. The molecule has 31 heavy (non-hydrogen) atoms. The monoisotopic (exact) mass is 479 g/mol. The van der Waals surface area contributed by atoms with Crippen molar-refractivity contribution in [3.63, 3.8) is 0 Å². The second-order valence-corrected chi connectivity index (χ2v) is 8.12. The number of carbonyl (C=O) groups excluding carboxylic acids is 2. The highest BCUT2D eigenvalue weighted by Crippen LogP contribution is 2.23. The number of alkyl halides is 3. The minimum atomic E-state index is -5.56. The lowest BCUT2D eigenvalue weighted by Crippen LogP contribution is -2.43. The molecule has 1 aliphatic rings. The summed E-state index contributed by atoms with van der Waals surface area (Å²) in [6, 6.07) is 1.56. The molecule has 0 saturated heterocycles. The Morgan fingerprint density at radius 3 is 2.71 bits per heavy atom. The second-order valence-electron chi connectivity index (χ2n) is 6.06. The van der Waals surface area contributed by atoms with Crippen molar-refractivity contribution in [2.45, 2.75) is 24.6 Å². The van der Waals surface area contributed by atoms with E-state index in [0.717, 1.165) is 31.5 Å².